The van der Waals surface area contributed by atoms with Crippen molar-refractivity contribution in [2.24, 2.45) is 0 Å². The Labute approximate surface area is 80.5 Å². The van der Waals surface area contributed by atoms with Gasteiger partial charge in [-0.25, -0.2) is 0 Å². The first kappa shape index (κ1) is 10.3. The van der Waals surface area contributed by atoms with Crippen LogP contribution in [0, 0.1) is 0 Å². The molecule has 0 radical (unpaired) electrons. The number of likely N-dealkylation sites (tertiary alicyclic amines) is 1. The van der Waals surface area contributed by atoms with Gasteiger partial charge in [-0.3, -0.25) is 4.90 Å². The summed E-state index contributed by atoms with van der Waals surface area (Å²) in [4.78, 5) is 4.89. The number of hydrogen-bond acceptors (Lipinski definition) is 3. The molecule has 0 unspecified atom stereocenters. The van der Waals surface area contributed by atoms with E-state index >= 15 is 0 Å². The van der Waals surface area contributed by atoms with Crippen LogP contribution in [-0.2, 0) is 0 Å². The Morgan fingerprint density at radius 1 is 1.25 bits per heavy atom. The first-order valence-electron chi connectivity index (χ1n) is 4.38. The molecule has 2 fully saturated rings. The van der Waals surface area contributed by atoms with Crippen LogP contribution >= 0.6 is 12.4 Å². The van der Waals surface area contributed by atoms with Gasteiger partial charge in [-0.2, -0.15) is 0 Å². The van der Waals surface area contributed by atoms with E-state index in [1.807, 2.05) is 0 Å². The van der Waals surface area contributed by atoms with Gasteiger partial charge in [-0.1, -0.05) is 0 Å². The highest BCUT2D eigenvalue weighted by Crippen LogP contribution is 2.17. The van der Waals surface area contributed by atoms with Gasteiger partial charge in [0.1, 0.15) is 0 Å². The highest BCUT2D eigenvalue weighted by Gasteiger charge is 2.35. The van der Waals surface area contributed by atoms with Crippen LogP contribution in [0.25, 0.3) is 0 Å². The van der Waals surface area contributed by atoms with Crippen LogP contribution in [0.3, 0.4) is 0 Å². The molecule has 0 aromatic rings. The molecular weight excluding hydrogens is 174 g/mol. The Morgan fingerprint density at radius 2 is 1.83 bits per heavy atom. The van der Waals surface area contributed by atoms with Crippen molar-refractivity contribution in [3.63, 3.8) is 0 Å². The van der Waals surface area contributed by atoms with Gasteiger partial charge in [0, 0.05) is 38.3 Å². The number of halogens is 1. The summed E-state index contributed by atoms with van der Waals surface area (Å²) in [6.07, 6.45) is 0. The number of hydrogen-bond donors (Lipinski definition) is 1. The van der Waals surface area contributed by atoms with E-state index in [9.17, 15) is 0 Å². The zero-order valence-electron chi connectivity index (χ0n) is 7.79. The van der Waals surface area contributed by atoms with Crippen LogP contribution in [-0.4, -0.2) is 62.2 Å². The molecule has 1 N–H and O–H groups in total. The molecule has 2 aliphatic heterocycles. The lowest BCUT2D eigenvalue weighted by molar-refractivity contribution is 0.00897. The lowest BCUT2D eigenvalue weighted by Crippen LogP contribution is -2.68. The first-order valence-corrected chi connectivity index (χ1v) is 4.38. The van der Waals surface area contributed by atoms with Crippen molar-refractivity contribution < 1.29 is 0 Å². The summed E-state index contributed by atoms with van der Waals surface area (Å²) in [7, 11) is 4.34. The van der Waals surface area contributed by atoms with Crippen LogP contribution in [0.4, 0.5) is 0 Å². The van der Waals surface area contributed by atoms with Crippen molar-refractivity contribution in [1.29, 1.82) is 0 Å². The maximum Gasteiger partial charge on any atom is 0.0346 e. The fraction of sp³-hybridized carbons (Fsp3) is 1.00. The largest absolute Gasteiger partial charge is 0.314 e. The van der Waals surface area contributed by atoms with E-state index in [0.29, 0.717) is 0 Å². The molecule has 2 rings (SSSR count). The monoisotopic (exact) mass is 191 g/mol. The van der Waals surface area contributed by atoms with Crippen molar-refractivity contribution in [3.8, 4) is 0 Å². The maximum atomic E-state index is 3.30. The zero-order valence-corrected chi connectivity index (χ0v) is 8.60. The first-order chi connectivity index (χ1) is 5.27. The van der Waals surface area contributed by atoms with E-state index in [1.54, 1.807) is 0 Å². The van der Waals surface area contributed by atoms with Gasteiger partial charge in [0.2, 0.25) is 0 Å². The SMILES string of the molecule is CN(C)C1CN(C2CNC2)C1.Cl. The van der Waals surface area contributed by atoms with Gasteiger partial charge in [0.25, 0.3) is 0 Å². The van der Waals surface area contributed by atoms with E-state index in [0.717, 1.165) is 12.1 Å². The van der Waals surface area contributed by atoms with Gasteiger partial charge in [0.15, 0.2) is 0 Å². The van der Waals surface area contributed by atoms with E-state index in [4.69, 9.17) is 0 Å². The molecule has 12 heavy (non-hydrogen) atoms. The van der Waals surface area contributed by atoms with Gasteiger partial charge in [-0.15, -0.1) is 12.4 Å². The minimum absolute atomic E-state index is 0. The van der Waals surface area contributed by atoms with E-state index < -0.39 is 0 Å². The molecule has 3 nitrogen and oxygen atoms in total. The second-order valence-corrected chi connectivity index (χ2v) is 3.88. The Balaban J connectivity index is 0.000000720. The van der Waals surface area contributed by atoms with Crippen LogP contribution in [0.15, 0.2) is 0 Å². The summed E-state index contributed by atoms with van der Waals surface area (Å²) >= 11 is 0. The molecule has 2 saturated heterocycles. The molecule has 0 bridgehead atoms. The van der Waals surface area contributed by atoms with Crippen molar-refractivity contribution in [2.45, 2.75) is 12.1 Å². The van der Waals surface area contributed by atoms with Crippen molar-refractivity contribution in [3.05, 3.63) is 0 Å². The standard InChI is InChI=1S/C8H17N3.ClH/c1-10(2)8-5-11(6-8)7-3-9-4-7;/h7-9H,3-6H2,1-2H3;1H. The molecule has 2 aliphatic rings. The normalized spacial score (nSPS) is 26.2. The Bertz CT molecular complexity index is 141. The predicted octanol–water partition coefficient (Wildman–Crippen LogP) is -0.374. The van der Waals surface area contributed by atoms with Gasteiger partial charge < -0.3 is 10.2 Å². The lowest BCUT2D eigenvalue weighted by atomic mass is 10.0. The van der Waals surface area contributed by atoms with E-state index in [1.165, 1.54) is 26.2 Å². The molecule has 0 saturated carbocycles. The van der Waals surface area contributed by atoms with Crippen molar-refractivity contribution in [1.82, 2.24) is 15.1 Å². The molecule has 0 amide bonds. The summed E-state index contributed by atoms with van der Waals surface area (Å²) in [6.45, 7) is 4.97. The lowest BCUT2D eigenvalue weighted by Gasteiger charge is -2.50. The minimum Gasteiger partial charge on any atom is -0.314 e. The molecule has 0 aromatic carbocycles. The second kappa shape index (κ2) is 3.92. The summed E-state index contributed by atoms with van der Waals surface area (Å²) in [5, 5.41) is 3.30. The third-order valence-corrected chi connectivity index (χ3v) is 2.90. The summed E-state index contributed by atoms with van der Waals surface area (Å²) in [5.41, 5.74) is 0. The molecule has 0 aliphatic carbocycles. The summed E-state index contributed by atoms with van der Waals surface area (Å²) in [6, 6.07) is 1.67. The molecule has 72 valence electrons. The third kappa shape index (κ3) is 1.74. The zero-order chi connectivity index (χ0) is 7.84. The average Bonchev–Trinajstić information content (AvgIpc) is 1.70. The average molecular weight is 192 g/mol. The molecule has 0 aromatic heterocycles. The van der Waals surface area contributed by atoms with Crippen LogP contribution in [0.1, 0.15) is 0 Å². The molecule has 2 heterocycles. The second-order valence-electron chi connectivity index (χ2n) is 3.88. The summed E-state index contributed by atoms with van der Waals surface area (Å²) in [5.74, 6) is 0. The van der Waals surface area contributed by atoms with Crippen LogP contribution in [0.5, 0.6) is 0 Å². The number of nitrogens with zero attached hydrogens (tertiary/aromatic N) is 2. The smallest absolute Gasteiger partial charge is 0.0346 e. The van der Waals surface area contributed by atoms with Crippen LogP contribution in [0.2, 0.25) is 0 Å². The van der Waals surface area contributed by atoms with Gasteiger partial charge >= 0.3 is 0 Å². The molecule has 0 spiro atoms. The van der Waals surface area contributed by atoms with Crippen molar-refractivity contribution >= 4 is 12.4 Å². The highest BCUT2D eigenvalue weighted by atomic mass is 35.5. The van der Waals surface area contributed by atoms with E-state index in [2.05, 4.69) is 29.2 Å². The fourth-order valence-corrected chi connectivity index (χ4v) is 1.64. The molecular formula is C8H18ClN3. The topological polar surface area (TPSA) is 18.5 Å². The Morgan fingerprint density at radius 3 is 2.17 bits per heavy atom. The number of rotatable bonds is 2. The molecule has 4 heteroatoms. The Kier molecular flexibility index (Phi) is 3.35. The van der Waals surface area contributed by atoms with Crippen LogP contribution < -0.4 is 5.32 Å². The quantitative estimate of drug-likeness (QED) is 0.643. The predicted molar refractivity (Wildman–Crippen MR) is 53.0 cm³/mol. The Hall–Kier alpha value is 0.170. The minimum atomic E-state index is 0. The number of likely N-dealkylation sites (N-methyl/N-ethyl adjacent to an activating group) is 1. The number of nitrogens with one attached hydrogen (secondary N) is 1. The molecule has 0 atom stereocenters. The van der Waals surface area contributed by atoms with Crippen molar-refractivity contribution in [2.75, 3.05) is 40.3 Å². The third-order valence-electron chi connectivity index (χ3n) is 2.90. The highest BCUT2D eigenvalue weighted by molar-refractivity contribution is 5.85. The fourth-order valence-electron chi connectivity index (χ4n) is 1.64. The van der Waals surface area contributed by atoms with E-state index in [-0.39, 0.29) is 12.4 Å². The summed E-state index contributed by atoms with van der Waals surface area (Å²) < 4.78 is 0. The maximum absolute atomic E-state index is 3.30. The van der Waals surface area contributed by atoms with Gasteiger partial charge in [-0.05, 0) is 14.1 Å². The van der Waals surface area contributed by atoms with Gasteiger partial charge in [0.05, 0.1) is 0 Å².